The topological polar surface area (TPSA) is 368 Å². The van der Waals surface area contributed by atoms with Crippen molar-refractivity contribution in [2.45, 2.75) is 69.5 Å². The second-order valence-corrected chi connectivity index (χ2v) is 11.9. The second-order valence-electron chi connectivity index (χ2n) is 11.9. The van der Waals surface area contributed by atoms with Crippen LogP contribution in [0.15, 0.2) is 24.4 Å². The van der Waals surface area contributed by atoms with E-state index in [1.54, 1.807) is 0 Å². The second kappa shape index (κ2) is 22.3. The molecule has 24 heteroatoms. The molecular formula is C32H40FN9O14. The third kappa shape index (κ3) is 15.9. The van der Waals surface area contributed by atoms with Crippen LogP contribution in [0.3, 0.4) is 0 Å². The van der Waals surface area contributed by atoms with Crippen LogP contribution in [0.1, 0.15) is 71.4 Å². The molecule has 0 aliphatic carbocycles. The van der Waals surface area contributed by atoms with Gasteiger partial charge in [-0.1, -0.05) is 5.21 Å². The highest BCUT2D eigenvalue weighted by molar-refractivity contribution is 6.01. The summed E-state index contributed by atoms with van der Waals surface area (Å²) in [6, 6.07) is -1.26. The van der Waals surface area contributed by atoms with Crippen LogP contribution in [0.4, 0.5) is 4.39 Å². The van der Waals surface area contributed by atoms with Crippen molar-refractivity contribution in [3.8, 4) is 5.69 Å². The Morgan fingerprint density at radius 3 is 1.66 bits per heavy atom. The number of alkyl halides is 1. The molecule has 0 fully saturated rings. The van der Waals surface area contributed by atoms with Gasteiger partial charge < -0.3 is 52.7 Å². The van der Waals surface area contributed by atoms with Gasteiger partial charge in [0.2, 0.25) is 23.6 Å². The third-order valence-corrected chi connectivity index (χ3v) is 7.43. The minimum atomic E-state index is -1.82. The number of hydrogen-bond acceptors (Lipinski definition) is 12. The third-order valence-electron chi connectivity index (χ3n) is 7.43. The molecule has 3 atom stereocenters. The molecule has 2 rings (SSSR count). The standard InChI is InChI=1S/C32H40FN9O14/c33-7-1-2-18-15-42(41-40-18)19-11-16(28(49)35-8-5-24(44)38-21(31(53)54)13-23(34)43)10-17(12-19)29(50)36-9-6-25(45)39-22(32(55)56)14-26(46)37-20(30(51)52)3-4-27(47)48/h10-12,15,20-22H,1-9,13-14H2,(H2,34,43)(H,35,49)(H,36,50)(H,37,46)(H,38,44)(H,39,45)(H,47,48)(H,51,52)(H,53,54)(H,55,56)/t20-,21+,22?/m0/s1. The number of aryl methyl sites for hydroxylation is 1. The lowest BCUT2D eigenvalue weighted by molar-refractivity contribution is -0.145. The smallest absolute Gasteiger partial charge is 0.326 e. The highest BCUT2D eigenvalue weighted by Gasteiger charge is 2.27. The molecule has 1 aromatic heterocycles. The minimum Gasteiger partial charge on any atom is -0.481 e. The van der Waals surface area contributed by atoms with E-state index in [0.29, 0.717) is 5.69 Å². The molecule has 0 bridgehead atoms. The van der Waals surface area contributed by atoms with Gasteiger partial charge in [-0.2, -0.15) is 0 Å². The molecule has 23 nitrogen and oxygen atoms in total. The summed E-state index contributed by atoms with van der Waals surface area (Å²) in [5, 5.41) is 55.5. The zero-order valence-electron chi connectivity index (χ0n) is 29.5. The largest absolute Gasteiger partial charge is 0.481 e. The van der Waals surface area contributed by atoms with Gasteiger partial charge in [0.25, 0.3) is 11.8 Å². The predicted molar refractivity (Wildman–Crippen MR) is 184 cm³/mol. The highest BCUT2D eigenvalue weighted by Crippen LogP contribution is 2.16. The first-order valence-electron chi connectivity index (χ1n) is 16.7. The number of amides is 6. The Hall–Kier alpha value is -7.01. The van der Waals surface area contributed by atoms with E-state index in [-0.39, 0.29) is 42.7 Å². The molecule has 1 aromatic carbocycles. The fourth-order valence-electron chi connectivity index (χ4n) is 4.67. The summed E-state index contributed by atoms with van der Waals surface area (Å²) in [5.74, 6) is -11.5. The number of halogens is 1. The van der Waals surface area contributed by atoms with Crippen molar-refractivity contribution in [3.63, 3.8) is 0 Å². The molecule has 1 unspecified atom stereocenters. The van der Waals surface area contributed by atoms with Gasteiger partial charge in [0.05, 0.1) is 37.1 Å². The molecule has 0 spiro atoms. The number of rotatable bonds is 25. The molecular weight excluding hydrogens is 753 g/mol. The zero-order valence-corrected chi connectivity index (χ0v) is 29.5. The number of carboxylic acid groups (broad SMARTS) is 4. The quantitative estimate of drug-likeness (QED) is 0.0487. The summed E-state index contributed by atoms with van der Waals surface area (Å²) in [6.45, 7) is -1.31. The van der Waals surface area contributed by atoms with E-state index < -0.39 is 123 Å². The Morgan fingerprint density at radius 1 is 0.696 bits per heavy atom. The molecule has 6 amide bonds. The Kier molecular flexibility index (Phi) is 17.9. The SMILES string of the molecule is NC(=O)C[C@@H](NC(=O)CCNC(=O)c1cc(C(=O)NCCC(=O)NC(CC(=O)N[C@@H](CCC(=O)O)C(=O)O)C(=O)O)cc(-n2cc(CCCF)nn2)c1)C(=O)O. The molecule has 0 radical (unpaired) electrons. The Morgan fingerprint density at radius 2 is 1.20 bits per heavy atom. The van der Waals surface area contributed by atoms with Crippen molar-refractivity contribution in [3.05, 3.63) is 41.2 Å². The molecule has 1 heterocycles. The van der Waals surface area contributed by atoms with Crippen molar-refractivity contribution in [1.82, 2.24) is 41.6 Å². The zero-order chi connectivity index (χ0) is 41.9. The van der Waals surface area contributed by atoms with Crippen molar-refractivity contribution in [2.75, 3.05) is 19.8 Å². The first-order chi connectivity index (χ1) is 26.4. The number of carbonyl (C=O) groups excluding carboxylic acids is 6. The number of benzene rings is 1. The van der Waals surface area contributed by atoms with Crippen LogP contribution >= 0.6 is 0 Å². The van der Waals surface area contributed by atoms with Gasteiger partial charge in [-0.05, 0) is 37.5 Å². The predicted octanol–water partition coefficient (Wildman–Crippen LogP) is -2.75. The summed E-state index contributed by atoms with van der Waals surface area (Å²) in [7, 11) is 0. The Bertz CT molecular complexity index is 1820. The van der Waals surface area contributed by atoms with E-state index in [0.717, 1.165) is 6.07 Å². The number of aliphatic carboxylic acids is 4. The summed E-state index contributed by atoms with van der Waals surface area (Å²) < 4.78 is 13.9. The van der Waals surface area contributed by atoms with Crippen molar-refractivity contribution in [2.24, 2.45) is 5.73 Å². The van der Waals surface area contributed by atoms with Crippen LogP contribution in [0.2, 0.25) is 0 Å². The van der Waals surface area contributed by atoms with Gasteiger partial charge in [-0.15, -0.1) is 5.10 Å². The first kappa shape index (κ1) is 45.1. The summed E-state index contributed by atoms with van der Waals surface area (Å²) in [4.78, 5) is 119. The lowest BCUT2D eigenvalue weighted by atomic mass is 10.1. The number of nitrogens with one attached hydrogen (secondary N) is 5. The number of nitrogens with zero attached hydrogens (tertiary/aromatic N) is 3. The Labute approximate surface area is 315 Å². The van der Waals surface area contributed by atoms with Crippen molar-refractivity contribution >= 4 is 59.3 Å². The monoisotopic (exact) mass is 793 g/mol. The molecule has 56 heavy (non-hydrogen) atoms. The van der Waals surface area contributed by atoms with Gasteiger partial charge in [-0.3, -0.25) is 38.0 Å². The van der Waals surface area contributed by atoms with Gasteiger partial charge >= 0.3 is 23.9 Å². The number of aromatic nitrogens is 3. The van der Waals surface area contributed by atoms with Crippen molar-refractivity contribution in [1.29, 1.82) is 0 Å². The van der Waals surface area contributed by atoms with Gasteiger partial charge in [0.15, 0.2) is 0 Å². The number of carboxylic acids is 4. The molecule has 0 aliphatic heterocycles. The van der Waals surface area contributed by atoms with Crippen molar-refractivity contribution < 1.29 is 72.8 Å². The average molecular weight is 794 g/mol. The maximum Gasteiger partial charge on any atom is 0.326 e. The Balaban J connectivity index is 2.12. The van der Waals surface area contributed by atoms with Crippen LogP contribution in [-0.2, 0) is 44.8 Å². The van der Waals surface area contributed by atoms with Gasteiger partial charge in [-0.25, -0.2) is 19.1 Å². The van der Waals surface area contributed by atoms with Crippen LogP contribution in [-0.4, -0.2) is 133 Å². The van der Waals surface area contributed by atoms with Gasteiger partial charge in [0, 0.05) is 43.5 Å². The van der Waals surface area contributed by atoms with E-state index in [9.17, 15) is 62.5 Å². The van der Waals surface area contributed by atoms with E-state index in [1.807, 2.05) is 5.32 Å². The fraction of sp³-hybridized carbons (Fsp3) is 0.438. The number of hydrogen-bond donors (Lipinski definition) is 10. The number of nitrogens with two attached hydrogens (primary N) is 1. The van der Waals surface area contributed by atoms with Crippen LogP contribution in [0, 0.1) is 0 Å². The van der Waals surface area contributed by atoms with E-state index in [2.05, 4.69) is 31.6 Å². The maximum absolute atomic E-state index is 13.2. The molecule has 0 aliphatic rings. The number of primary amides is 1. The lowest BCUT2D eigenvalue weighted by Crippen LogP contribution is -2.47. The molecule has 11 N–H and O–H groups in total. The number of carbonyl (C=O) groups is 10. The fourth-order valence-corrected chi connectivity index (χ4v) is 4.67. The van der Waals surface area contributed by atoms with E-state index in [1.165, 1.54) is 23.0 Å². The average Bonchev–Trinajstić information content (AvgIpc) is 3.60. The summed E-state index contributed by atoms with van der Waals surface area (Å²) in [6.07, 6.45) is -1.72. The molecule has 2 aromatic rings. The normalized spacial score (nSPS) is 12.2. The van der Waals surface area contributed by atoms with E-state index >= 15 is 0 Å². The van der Waals surface area contributed by atoms with Crippen LogP contribution < -0.4 is 32.3 Å². The first-order valence-corrected chi connectivity index (χ1v) is 16.7. The highest BCUT2D eigenvalue weighted by atomic mass is 19.1. The maximum atomic E-state index is 13.2. The van der Waals surface area contributed by atoms with Crippen LogP contribution in [0.5, 0.6) is 0 Å². The van der Waals surface area contributed by atoms with Gasteiger partial charge in [0.1, 0.15) is 18.1 Å². The molecule has 304 valence electrons. The lowest BCUT2D eigenvalue weighted by Gasteiger charge is -2.17. The van der Waals surface area contributed by atoms with E-state index in [4.69, 9.17) is 15.9 Å². The molecule has 0 saturated heterocycles. The summed E-state index contributed by atoms with van der Waals surface area (Å²) >= 11 is 0. The molecule has 0 saturated carbocycles. The minimum absolute atomic E-state index is 0.126. The van der Waals surface area contributed by atoms with Crippen LogP contribution in [0.25, 0.3) is 5.69 Å². The summed E-state index contributed by atoms with van der Waals surface area (Å²) in [5.41, 5.74) is 5.27.